The second-order valence-corrected chi connectivity index (χ2v) is 5.19. The molecule has 0 unspecified atom stereocenters. The van der Waals surface area contributed by atoms with Gasteiger partial charge in [-0.15, -0.1) is 0 Å². The van der Waals surface area contributed by atoms with Gasteiger partial charge in [0, 0.05) is 37.8 Å². The SMILES string of the molecule is CCNC(=NCc1ccon1)N(C)Cc1ccc(OC)cc1OC. The fourth-order valence-corrected chi connectivity index (χ4v) is 2.26. The Morgan fingerprint density at radius 2 is 2.12 bits per heavy atom. The number of nitrogens with one attached hydrogen (secondary N) is 1. The fourth-order valence-electron chi connectivity index (χ4n) is 2.26. The lowest BCUT2D eigenvalue weighted by molar-refractivity contribution is 0.382. The van der Waals surface area contributed by atoms with Gasteiger partial charge in [-0.3, -0.25) is 0 Å². The Morgan fingerprint density at radius 3 is 2.75 bits per heavy atom. The minimum atomic E-state index is 0.461. The molecule has 7 nitrogen and oxygen atoms in total. The first kappa shape index (κ1) is 17.7. The van der Waals surface area contributed by atoms with Crippen LogP contribution in [0.15, 0.2) is 40.0 Å². The standard InChI is InChI=1S/C17H24N4O3/c1-5-18-17(19-11-14-8-9-24-20-14)21(2)12-13-6-7-15(22-3)10-16(13)23-4/h6-10H,5,11-12H2,1-4H3,(H,18,19). The van der Waals surface area contributed by atoms with E-state index in [1.807, 2.05) is 37.1 Å². The van der Waals surface area contributed by atoms with E-state index in [9.17, 15) is 0 Å². The smallest absolute Gasteiger partial charge is 0.194 e. The van der Waals surface area contributed by atoms with Crippen LogP contribution in [0.25, 0.3) is 0 Å². The average molecular weight is 332 g/mol. The van der Waals surface area contributed by atoms with Crippen molar-refractivity contribution >= 4 is 5.96 Å². The van der Waals surface area contributed by atoms with Crippen molar-refractivity contribution in [2.75, 3.05) is 27.8 Å². The summed E-state index contributed by atoms with van der Waals surface area (Å²) < 4.78 is 15.5. The first-order valence-corrected chi connectivity index (χ1v) is 7.77. The van der Waals surface area contributed by atoms with Crippen molar-refractivity contribution in [2.24, 2.45) is 4.99 Å². The first-order chi connectivity index (χ1) is 11.7. The molecule has 130 valence electrons. The van der Waals surface area contributed by atoms with Crippen molar-refractivity contribution < 1.29 is 14.0 Å². The van der Waals surface area contributed by atoms with E-state index in [0.29, 0.717) is 13.1 Å². The number of hydrogen-bond acceptors (Lipinski definition) is 5. The molecule has 0 aliphatic heterocycles. The predicted octanol–water partition coefficient (Wildman–Crippen LogP) is 2.29. The number of benzene rings is 1. The van der Waals surface area contributed by atoms with E-state index >= 15 is 0 Å². The van der Waals surface area contributed by atoms with E-state index in [-0.39, 0.29) is 0 Å². The highest BCUT2D eigenvalue weighted by molar-refractivity contribution is 5.79. The van der Waals surface area contributed by atoms with Gasteiger partial charge in [-0.25, -0.2) is 4.99 Å². The summed E-state index contributed by atoms with van der Waals surface area (Å²) in [4.78, 5) is 6.62. The van der Waals surface area contributed by atoms with Gasteiger partial charge in [0.15, 0.2) is 5.96 Å². The summed E-state index contributed by atoms with van der Waals surface area (Å²) in [5.74, 6) is 2.34. The van der Waals surface area contributed by atoms with E-state index in [0.717, 1.165) is 35.3 Å². The lowest BCUT2D eigenvalue weighted by Gasteiger charge is -2.23. The van der Waals surface area contributed by atoms with Crippen molar-refractivity contribution in [2.45, 2.75) is 20.0 Å². The van der Waals surface area contributed by atoms with Gasteiger partial charge >= 0.3 is 0 Å². The number of aromatic nitrogens is 1. The van der Waals surface area contributed by atoms with Crippen LogP contribution in [0.4, 0.5) is 0 Å². The monoisotopic (exact) mass is 332 g/mol. The summed E-state index contributed by atoms with van der Waals surface area (Å²) in [6, 6.07) is 7.60. The van der Waals surface area contributed by atoms with Gasteiger partial charge < -0.3 is 24.2 Å². The second-order valence-electron chi connectivity index (χ2n) is 5.19. The summed E-state index contributed by atoms with van der Waals surface area (Å²) in [5.41, 5.74) is 1.84. The third-order valence-corrected chi connectivity index (χ3v) is 3.48. The molecule has 0 aliphatic rings. The summed E-state index contributed by atoms with van der Waals surface area (Å²) in [6.07, 6.45) is 1.55. The third kappa shape index (κ3) is 4.65. The van der Waals surface area contributed by atoms with Gasteiger partial charge in [-0.2, -0.15) is 0 Å². The number of aliphatic imine (C=N–C) groups is 1. The third-order valence-electron chi connectivity index (χ3n) is 3.48. The van der Waals surface area contributed by atoms with Crippen LogP contribution in [0.3, 0.4) is 0 Å². The Kier molecular flexibility index (Phi) is 6.48. The van der Waals surface area contributed by atoms with Crippen LogP contribution in [0.5, 0.6) is 11.5 Å². The quantitative estimate of drug-likeness (QED) is 0.619. The Labute approximate surface area is 142 Å². The van der Waals surface area contributed by atoms with Crippen LogP contribution in [-0.2, 0) is 13.1 Å². The maximum absolute atomic E-state index is 5.46. The highest BCUT2D eigenvalue weighted by atomic mass is 16.5. The molecule has 1 aromatic heterocycles. The molecule has 1 aromatic carbocycles. The van der Waals surface area contributed by atoms with Crippen LogP contribution >= 0.6 is 0 Å². The molecule has 0 spiro atoms. The molecular weight excluding hydrogens is 308 g/mol. The molecule has 0 bridgehead atoms. The van der Waals surface area contributed by atoms with Crippen molar-refractivity contribution in [3.05, 3.63) is 41.8 Å². The van der Waals surface area contributed by atoms with Crippen molar-refractivity contribution in [1.29, 1.82) is 0 Å². The Hall–Kier alpha value is -2.70. The normalized spacial score (nSPS) is 11.2. The number of methoxy groups -OCH3 is 2. The first-order valence-electron chi connectivity index (χ1n) is 7.77. The zero-order valence-electron chi connectivity index (χ0n) is 14.6. The zero-order chi connectivity index (χ0) is 17.4. The lowest BCUT2D eigenvalue weighted by Crippen LogP contribution is -2.38. The van der Waals surface area contributed by atoms with Crippen molar-refractivity contribution in [1.82, 2.24) is 15.4 Å². The van der Waals surface area contributed by atoms with Gasteiger partial charge in [-0.05, 0) is 19.1 Å². The van der Waals surface area contributed by atoms with Crippen molar-refractivity contribution in [3.63, 3.8) is 0 Å². The minimum absolute atomic E-state index is 0.461. The van der Waals surface area contributed by atoms with Crippen molar-refractivity contribution in [3.8, 4) is 11.5 Å². The summed E-state index contributed by atoms with van der Waals surface area (Å²) in [6.45, 7) is 3.93. The Balaban J connectivity index is 2.12. The second kappa shape index (κ2) is 8.81. The predicted molar refractivity (Wildman–Crippen MR) is 92.3 cm³/mol. The maximum atomic E-state index is 5.46. The van der Waals surface area contributed by atoms with E-state index in [1.54, 1.807) is 26.5 Å². The highest BCUT2D eigenvalue weighted by Gasteiger charge is 2.11. The Morgan fingerprint density at radius 1 is 1.29 bits per heavy atom. The van der Waals surface area contributed by atoms with Crippen LogP contribution < -0.4 is 14.8 Å². The van der Waals surface area contributed by atoms with Crippen LogP contribution in [0.2, 0.25) is 0 Å². The van der Waals surface area contributed by atoms with E-state index in [4.69, 9.17) is 14.0 Å². The van der Waals surface area contributed by atoms with E-state index in [2.05, 4.69) is 15.5 Å². The molecule has 2 rings (SSSR count). The summed E-state index contributed by atoms with van der Waals surface area (Å²) in [7, 11) is 5.27. The average Bonchev–Trinajstić information content (AvgIpc) is 3.12. The molecule has 0 amide bonds. The molecule has 0 saturated carbocycles. The van der Waals surface area contributed by atoms with Gasteiger partial charge in [-0.1, -0.05) is 5.16 Å². The highest BCUT2D eigenvalue weighted by Crippen LogP contribution is 2.25. The molecule has 0 aliphatic carbocycles. The molecule has 7 heteroatoms. The van der Waals surface area contributed by atoms with E-state index < -0.39 is 0 Å². The van der Waals surface area contributed by atoms with Gasteiger partial charge in [0.2, 0.25) is 0 Å². The fraction of sp³-hybridized carbons (Fsp3) is 0.412. The number of rotatable bonds is 7. The molecule has 0 atom stereocenters. The van der Waals surface area contributed by atoms with Crippen LogP contribution in [0, 0.1) is 0 Å². The number of hydrogen-bond donors (Lipinski definition) is 1. The van der Waals surface area contributed by atoms with Gasteiger partial charge in [0.25, 0.3) is 0 Å². The molecule has 1 heterocycles. The molecule has 1 N–H and O–H groups in total. The number of ether oxygens (including phenoxy) is 2. The topological polar surface area (TPSA) is 72.1 Å². The number of nitrogens with zero attached hydrogens (tertiary/aromatic N) is 3. The molecule has 0 saturated heterocycles. The zero-order valence-corrected chi connectivity index (χ0v) is 14.6. The molecule has 2 aromatic rings. The summed E-state index contributed by atoms with van der Waals surface area (Å²) in [5, 5.41) is 7.15. The summed E-state index contributed by atoms with van der Waals surface area (Å²) >= 11 is 0. The molecule has 0 fully saturated rings. The van der Waals surface area contributed by atoms with Gasteiger partial charge in [0.05, 0.1) is 20.8 Å². The van der Waals surface area contributed by atoms with Crippen LogP contribution in [-0.4, -0.2) is 43.8 Å². The molecular formula is C17H24N4O3. The minimum Gasteiger partial charge on any atom is -0.497 e. The molecule has 24 heavy (non-hydrogen) atoms. The lowest BCUT2D eigenvalue weighted by atomic mass is 10.2. The number of guanidine groups is 1. The van der Waals surface area contributed by atoms with Gasteiger partial charge in [0.1, 0.15) is 23.5 Å². The largest absolute Gasteiger partial charge is 0.497 e. The maximum Gasteiger partial charge on any atom is 0.194 e. The molecule has 0 radical (unpaired) electrons. The van der Waals surface area contributed by atoms with E-state index in [1.165, 1.54) is 0 Å². The Bertz CT molecular complexity index is 656. The van der Waals surface area contributed by atoms with Crippen LogP contribution in [0.1, 0.15) is 18.2 Å².